The number of rotatable bonds is 7. The molecule has 0 aliphatic heterocycles. The summed E-state index contributed by atoms with van der Waals surface area (Å²) in [5.74, 6) is 1.47. The van der Waals surface area contributed by atoms with Gasteiger partial charge >= 0.3 is 5.69 Å². The van der Waals surface area contributed by atoms with Gasteiger partial charge in [-0.1, -0.05) is 24.4 Å². The van der Waals surface area contributed by atoms with Crippen molar-refractivity contribution < 1.29 is 4.52 Å². The van der Waals surface area contributed by atoms with Gasteiger partial charge in [-0.2, -0.15) is 0 Å². The fraction of sp³-hybridized carbons (Fsp3) is 0.591. The lowest BCUT2D eigenvalue weighted by Gasteiger charge is -2.22. The first-order chi connectivity index (χ1) is 14.0. The lowest BCUT2D eigenvalue weighted by atomic mass is 9.89. The molecule has 7 heteroatoms. The van der Waals surface area contributed by atoms with Gasteiger partial charge < -0.3 is 9.09 Å². The maximum absolute atomic E-state index is 13.2. The summed E-state index contributed by atoms with van der Waals surface area (Å²) < 4.78 is 10.3. The van der Waals surface area contributed by atoms with Crippen LogP contribution in [0.1, 0.15) is 56.4 Å². The molecule has 0 N–H and O–H groups in total. The summed E-state index contributed by atoms with van der Waals surface area (Å²) >= 11 is 0. The molecular formula is C22H30N4O3. The van der Waals surface area contributed by atoms with Crippen LogP contribution in [0.3, 0.4) is 0 Å². The Balaban J connectivity index is 1.54. The zero-order chi connectivity index (χ0) is 20.4. The van der Waals surface area contributed by atoms with Crippen LogP contribution in [0.4, 0.5) is 0 Å². The van der Waals surface area contributed by atoms with E-state index in [1.54, 1.807) is 11.6 Å². The zero-order valence-corrected chi connectivity index (χ0v) is 17.4. The van der Waals surface area contributed by atoms with Gasteiger partial charge in [-0.25, -0.2) is 4.79 Å². The van der Waals surface area contributed by atoms with Crippen molar-refractivity contribution in [3.05, 3.63) is 50.6 Å². The Labute approximate surface area is 169 Å². The van der Waals surface area contributed by atoms with Gasteiger partial charge in [-0.05, 0) is 44.6 Å². The van der Waals surface area contributed by atoms with Gasteiger partial charge in [0.1, 0.15) is 11.3 Å². The molecule has 3 aromatic rings. The SMILES string of the molecule is Cc1cc(CCCCn2c(=O)c3c(ccn3CC3CCCCC3)n(C)c2=O)on1. The molecule has 29 heavy (non-hydrogen) atoms. The number of hydrogen-bond donors (Lipinski definition) is 0. The highest BCUT2D eigenvalue weighted by Crippen LogP contribution is 2.26. The van der Waals surface area contributed by atoms with Gasteiger partial charge in [-0.3, -0.25) is 13.9 Å². The number of aryl methyl sites for hydroxylation is 3. The fourth-order valence-corrected chi connectivity index (χ4v) is 4.56. The molecule has 0 saturated heterocycles. The highest BCUT2D eigenvalue weighted by atomic mass is 16.5. The fourth-order valence-electron chi connectivity index (χ4n) is 4.56. The second kappa shape index (κ2) is 8.43. The number of unbranched alkanes of at least 4 members (excludes halogenated alkanes) is 1. The van der Waals surface area contributed by atoms with Crippen molar-refractivity contribution in [1.29, 1.82) is 0 Å². The molecule has 7 nitrogen and oxygen atoms in total. The Bertz CT molecular complexity index is 1100. The van der Waals surface area contributed by atoms with E-state index in [1.807, 2.05) is 25.3 Å². The molecule has 3 aromatic heterocycles. The molecule has 156 valence electrons. The molecule has 0 amide bonds. The first-order valence-corrected chi connectivity index (χ1v) is 10.8. The third kappa shape index (κ3) is 4.09. The third-order valence-corrected chi connectivity index (χ3v) is 6.18. The summed E-state index contributed by atoms with van der Waals surface area (Å²) in [6.07, 6.45) is 10.6. The maximum Gasteiger partial charge on any atom is 0.331 e. The second-order valence-corrected chi connectivity index (χ2v) is 8.40. The van der Waals surface area contributed by atoms with Crippen molar-refractivity contribution in [2.75, 3.05) is 0 Å². The van der Waals surface area contributed by atoms with Crippen molar-refractivity contribution in [2.45, 2.75) is 71.4 Å². The zero-order valence-electron chi connectivity index (χ0n) is 17.4. The Hall–Kier alpha value is -2.57. The van der Waals surface area contributed by atoms with Crippen molar-refractivity contribution in [2.24, 2.45) is 13.0 Å². The topological polar surface area (TPSA) is 75.0 Å². The van der Waals surface area contributed by atoms with Crippen LogP contribution < -0.4 is 11.2 Å². The average molecular weight is 399 g/mol. The van der Waals surface area contributed by atoms with Crippen molar-refractivity contribution >= 4 is 11.0 Å². The van der Waals surface area contributed by atoms with E-state index in [4.69, 9.17) is 4.52 Å². The minimum atomic E-state index is -0.242. The minimum absolute atomic E-state index is 0.167. The molecule has 1 fully saturated rings. The second-order valence-electron chi connectivity index (χ2n) is 8.40. The van der Waals surface area contributed by atoms with Gasteiger partial charge in [-0.15, -0.1) is 0 Å². The molecule has 0 bridgehead atoms. The Kier molecular flexibility index (Phi) is 5.74. The molecular weight excluding hydrogens is 368 g/mol. The smallest absolute Gasteiger partial charge is 0.331 e. The molecule has 0 unspecified atom stereocenters. The molecule has 1 aliphatic carbocycles. The predicted molar refractivity (Wildman–Crippen MR) is 112 cm³/mol. The summed E-state index contributed by atoms with van der Waals surface area (Å²) in [6.45, 7) is 3.18. The van der Waals surface area contributed by atoms with E-state index >= 15 is 0 Å². The number of aromatic nitrogens is 4. The van der Waals surface area contributed by atoms with Crippen molar-refractivity contribution in [3.8, 4) is 0 Å². The van der Waals surface area contributed by atoms with Crippen LogP contribution in [0.25, 0.3) is 11.0 Å². The van der Waals surface area contributed by atoms with Crippen molar-refractivity contribution in [3.63, 3.8) is 0 Å². The van der Waals surface area contributed by atoms with E-state index < -0.39 is 0 Å². The quantitative estimate of drug-likeness (QED) is 0.572. The van der Waals surface area contributed by atoms with Gasteiger partial charge in [0.15, 0.2) is 0 Å². The lowest BCUT2D eigenvalue weighted by molar-refractivity contribution is 0.322. The van der Waals surface area contributed by atoms with Gasteiger partial charge in [0, 0.05) is 38.8 Å². The first kappa shape index (κ1) is 19.7. The van der Waals surface area contributed by atoms with Gasteiger partial charge in [0.05, 0.1) is 11.2 Å². The van der Waals surface area contributed by atoms with E-state index in [0.29, 0.717) is 18.0 Å². The standard InChI is InChI=1S/C22H30N4O3/c1-16-14-18(29-23-16)10-6-7-12-26-21(27)20-19(24(2)22(26)28)11-13-25(20)15-17-8-4-3-5-9-17/h11,13-14,17H,3-10,12,15H2,1-2H3. The summed E-state index contributed by atoms with van der Waals surface area (Å²) in [5, 5.41) is 3.89. The van der Waals surface area contributed by atoms with E-state index in [2.05, 4.69) is 9.72 Å². The van der Waals surface area contributed by atoms with E-state index in [9.17, 15) is 9.59 Å². The summed E-state index contributed by atoms with van der Waals surface area (Å²) in [7, 11) is 1.75. The van der Waals surface area contributed by atoms with E-state index in [-0.39, 0.29) is 11.2 Å². The number of nitrogens with zero attached hydrogens (tertiary/aromatic N) is 4. The molecule has 0 spiro atoms. The molecule has 1 aliphatic rings. The third-order valence-electron chi connectivity index (χ3n) is 6.18. The summed E-state index contributed by atoms with van der Waals surface area (Å²) in [6, 6.07) is 3.83. The Morgan fingerprint density at radius 2 is 1.97 bits per heavy atom. The monoisotopic (exact) mass is 398 g/mol. The van der Waals surface area contributed by atoms with Crippen LogP contribution >= 0.6 is 0 Å². The van der Waals surface area contributed by atoms with Gasteiger partial charge in [0.25, 0.3) is 5.56 Å². The summed E-state index contributed by atoms with van der Waals surface area (Å²) in [4.78, 5) is 26.0. The molecule has 0 atom stereocenters. The minimum Gasteiger partial charge on any atom is -0.361 e. The molecule has 3 heterocycles. The normalized spacial score (nSPS) is 15.4. The number of fused-ring (bicyclic) bond motifs is 1. The van der Waals surface area contributed by atoms with E-state index in [0.717, 1.165) is 42.8 Å². The van der Waals surface area contributed by atoms with E-state index in [1.165, 1.54) is 36.7 Å². The van der Waals surface area contributed by atoms with Crippen LogP contribution in [0.5, 0.6) is 0 Å². The van der Waals surface area contributed by atoms with Crippen LogP contribution in [0.15, 0.2) is 32.4 Å². The largest absolute Gasteiger partial charge is 0.361 e. The predicted octanol–water partition coefficient (Wildman–Crippen LogP) is 3.40. The van der Waals surface area contributed by atoms with Crippen LogP contribution in [-0.4, -0.2) is 18.9 Å². The van der Waals surface area contributed by atoms with Gasteiger partial charge in [0.2, 0.25) is 0 Å². The Morgan fingerprint density at radius 3 is 2.69 bits per heavy atom. The molecule has 0 radical (unpaired) electrons. The molecule has 0 aromatic carbocycles. The molecule has 4 rings (SSSR count). The first-order valence-electron chi connectivity index (χ1n) is 10.8. The van der Waals surface area contributed by atoms with Crippen LogP contribution in [0.2, 0.25) is 0 Å². The average Bonchev–Trinajstić information content (AvgIpc) is 3.33. The summed E-state index contributed by atoms with van der Waals surface area (Å²) in [5.41, 5.74) is 1.84. The maximum atomic E-state index is 13.2. The molecule has 1 saturated carbocycles. The highest BCUT2D eigenvalue weighted by Gasteiger charge is 2.19. The lowest BCUT2D eigenvalue weighted by Crippen LogP contribution is -2.39. The number of hydrogen-bond acceptors (Lipinski definition) is 4. The van der Waals surface area contributed by atoms with Crippen LogP contribution in [-0.2, 0) is 26.6 Å². The Morgan fingerprint density at radius 1 is 1.17 bits per heavy atom. The van der Waals surface area contributed by atoms with Crippen LogP contribution in [0, 0.1) is 12.8 Å². The highest BCUT2D eigenvalue weighted by molar-refractivity contribution is 5.75. The van der Waals surface area contributed by atoms with Crippen molar-refractivity contribution in [1.82, 2.24) is 18.9 Å².